The summed E-state index contributed by atoms with van der Waals surface area (Å²) in [5, 5.41) is 2.66. The zero-order valence-corrected chi connectivity index (χ0v) is 16.0. The third-order valence-corrected chi connectivity index (χ3v) is 7.06. The van der Waals surface area contributed by atoms with Gasteiger partial charge in [-0.3, -0.25) is 14.9 Å². The van der Waals surface area contributed by atoms with Crippen LogP contribution in [0, 0.1) is 18.8 Å². The van der Waals surface area contributed by atoms with Crippen LogP contribution in [0.25, 0.3) is 0 Å². The molecule has 0 radical (unpaired) electrons. The van der Waals surface area contributed by atoms with Crippen molar-refractivity contribution in [1.82, 2.24) is 5.32 Å². The topological polar surface area (TPSA) is 80.3 Å². The first kappa shape index (κ1) is 19.2. The predicted molar refractivity (Wildman–Crippen MR) is 102 cm³/mol. The average Bonchev–Trinajstić information content (AvgIpc) is 2.92. The molecule has 1 fully saturated rings. The summed E-state index contributed by atoms with van der Waals surface area (Å²) in [4.78, 5) is 24.3. The number of sulfone groups is 1. The third-order valence-electron chi connectivity index (χ3n) is 4.41. The average molecular weight is 402 g/mol. The molecule has 1 unspecified atom stereocenters. The van der Waals surface area contributed by atoms with Gasteiger partial charge in [0.05, 0.1) is 11.3 Å². The van der Waals surface area contributed by atoms with Gasteiger partial charge in [-0.1, -0.05) is 41.1 Å². The van der Waals surface area contributed by atoms with Crippen molar-refractivity contribution in [2.45, 2.75) is 29.4 Å². The number of hydrogen-bond acceptors (Lipinski definition) is 4. The van der Waals surface area contributed by atoms with Crippen molar-refractivity contribution in [3.05, 3.63) is 64.7 Å². The molecule has 2 amide bonds. The zero-order valence-electron chi connectivity index (χ0n) is 14.5. The first-order valence-electron chi connectivity index (χ1n) is 8.15. The van der Waals surface area contributed by atoms with Crippen LogP contribution in [-0.4, -0.2) is 25.0 Å². The zero-order chi connectivity index (χ0) is 19.7. The van der Waals surface area contributed by atoms with Gasteiger partial charge in [0, 0.05) is 17.0 Å². The number of halogens is 1. The maximum absolute atomic E-state index is 13.2. The van der Waals surface area contributed by atoms with E-state index < -0.39 is 32.8 Å². The number of aryl methyl sites for hydroxylation is 1. The van der Waals surface area contributed by atoms with Gasteiger partial charge in [-0.05, 0) is 43.3 Å². The molecule has 1 aliphatic rings. The normalized spacial score (nSPS) is 19.3. The van der Waals surface area contributed by atoms with Crippen molar-refractivity contribution in [1.29, 1.82) is 0 Å². The highest BCUT2D eigenvalue weighted by Gasteiger charge is 2.56. The monoisotopic (exact) mass is 401 g/mol. The van der Waals surface area contributed by atoms with Gasteiger partial charge >= 0.3 is 0 Å². The lowest BCUT2D eigenvalue weighted by atomic mass is 10.0. The molecule has 0 bridgehead atoms. The van der Waals surface area contributed by atoms with Crippen LogP contribution in [0.4, 0.5) is 0 Å². The van der Waals surface area contributed by atoms with Crippen molar-refractivity contribution in [3.63, 3.8) is 0 Å². The number of benzene rings is 2. The molecule has 5 nitrogen and oxygen atoms in total. The molecule has 0 aromatic heterocycles. The lowest BCUT2D eigenvalue weighted by Gasteiger charge is -2.23. The highest BCUT2D eigenvalue weighted by atomic mass is 35.5. The fourth-order valence-electron chi connectivity index (χ4n) is 2.84. The largest absolute Gasteiger partial charge is 0.295 e. The van der Waals surface area contributed by atoms with Gasteiger partial charge in [-0.2, -0.15) is 0 Å². The van der Waals surface area contributed by atoms with Gasteiger partial charge in [0.1, 0.15) is 0 Å². The second-order valence-electron chi connectivity index (χ2n) is 6.35. The van der Waals surface area contributed by atoms with Crippen LogP contribution in [0.3, 0.4) is 0 Å². The van der Waals surface area contributed by atoms with Crippen molar-refractivity contribution >= 4 is 33.3 Å². The molecule has 138 valence electrons. The number of hydrogen-bond donors (Lipinski definition) is 1. The first-order valence-corrected chi connectivity index (χ1v) is 10.0. The van der Waals surface area contributed by atoms with Crippen LogP contribution in [0.15, 0.2) is 53.4 Å². The minimum atomic E-state index is -4.12. The number of carbonyl (C=O) groups excluding carboxylic acids is 2. The molecule has 0 spiro atoms. The Labute approximate surface area is 162 Å². The van der Waals surface area contributed by atoms with Gasteiger partial charge in [-0.25, -0.2) is 8.42 Å². The maximum Gasteiger partial charge on any atom is 0.249 e. The van der Waals surface area contributed by atoms with Crippen LogP contribution in [-0.2, 0) is 19.4 Å². The molecule has 1 heterocycles. The summed E-state index contributed by atoms with van der Waals surface area (Å²) in [6.45, 7) is 1.83. The SMILES string of the molecule is Cc1ccc(S(=O)(=O)C2(CC#Cc3ccc(Cl)cc3)CC(=O)NC2=O)cc1. The lowest BCUT2D eigenvalue weighted by molar-refractivity contribution is -0.125. The van der Waals surface area contributed by atoms with E-state index in [0.717, 1.165) is 5.56 Å². The molecule has 1 atom stereocenters. The minimum absolute atomic E-state index is 0.00811. The Morgan fingerprint density at radius 2 is 1.70 bits per heavy atom. The highest BCUT2D eigenvalue weighted by molar-refractivity contribution is 7.93. The van der Waals surface area contributed by atoms with E-state index in [2.05, 4.69) is 17.2 Å². The van der Waals surface area contributed by atoms with Crippen molar-refractivity contribution in [3.8, 4) is 11.8 Å². The number of nitrogens with one attached hydrogen (secondary N) is 1. The fraction of sp³-hybridized carbons (Fsp3) is 0.200. The molecule has 1 saturated heterocycles. The second-order valence-corrected chi connectivity index (χ2v) is 9.05. The molecule has 3 rings (SSSR count). The number of amides is 2. The summed E-state index contributed by atoms with van der Waals surface area (Å²) in [6, 6.07) is 12.9. The Morgan fingerprint density at radius 3 is 2.26 bits per heavy atom. The van der Waals surface area contributed by atoms with Gasteiger partial charge in [0.15, 0.2) is 14.6 Å². The fourth-order valence-corrected chi connectivity index (χ4v) is 4.79. The molecule has 27 heavy (non-hydrogen) atoms. The second kappa shape index (κ2) is 7.18. The smallest absolute Gasteiger partial charge is 0.249 e. The number of rotatable bonds is 3. The number of imide groups is 1. The van der Waals surface area contributed by atoms with E-state index in [9.17, 15) is 18.0 Å². The molecule has 2 aromatic carbocycles. The van der Waals surface area contributed by atoms with E-state index in [1.807, 2.05) is 6.92 Å². The van der Waals surface area contributed by atoms with Gasteiger partial charge in [-0.15, -0.1) is 0 Å². The standard InChI is InChI=1S/C20H16ClNO4S/c1-14-4-10-17(11-5-14)27(25,26)20(13-18(23)22-19(20)24)12-2-3-15-6-8-16(21)9-7-15/h4-11H,12-13H2,1H3,(H,22,23,24). The summed E-state index contributed by atoms with van der Waals surface area (Å²) in [7, 11) is -4.12. The van der Waals surface area contributed by atoms with Gasteiger partial charge in [0.2, 0.25) is 11.8 Å². The highest BCUT2D eigenvalue weighted by Crippen LogP contribution is 2.35. The van der Waals surface area contributed by atoms with Crippen molar-refractivity contribution < 1.29 is 18.0 Å². The van der Waals surface area contributed by atoms with E-state index >= 15 is 0 Å². The summed E-state index contributed by atoms with van der Waals surface area (Å²) >= 11 is 5.83. The molecule has 7 heteroatoms. The van der Waals surface area contributed by atoms with E-state index in [1.165, 1.54) is 12.1 Å². The summed E-state index contributed by atoms with van der Waals surface area (Å²) in [5.74, 6) is 4.13. The summed E-state index contributed by atoms with van der Waals surface area (Å²) in [5.41, 5.74) is 1.52. The molecule has 1 N–H and O–H groups in total. The van der Waals surface area contributed by atoms with Crippen molar-refractivity contribution in [2.24, 2.45) is 0 Å². The molecule has 1 aliphatic heterocycles. The van der Waals surface area contributed by atoms with Gasteiger partial charge in [0.25, 0.3) is 0 Å². The Hall–Kier alpha value is -2.62. The van der Waals surface area contributed by atoms with E-state index in [1.54, 1.807) is 36.4 Å². The van der Waals surface area contributed by atoms with Crippen LogP contribution < -0.4 is 5.32 Å². The summed E-state index contributed by atoms with van der Waals surface area (Å²) < 4.78 is 24.5. The quantitative estimate of drug-likeness (QED) is 0.633. The molecular formula is C20H16ClNO4S. The van der Waals surface area contributed by atoms with Crippen LogP contribution >= 0.6 is 11.6 Å². The third kappa shape index (κ3) is 3.61. The van der Waals surface area contributed by atoms with Crippen LogP contribution in [0.2, 0.25) is 5.02 Å². The van der Waals surface area contributed by atoms with Gasteiger partial charge < -0.3 is 0 Å². The Balaban J connectivity index is 2.01. The van der Waals surface area contributed by atoms with Crippen LogP contribution in [0.5, 0.6) is 0 Å². The Bertz CT molecular complexity index is 1060. The molecule has 0 saturated carbocycles. The van der Waals surface area contributed by atoms with Crippen molar-refractivity contribution in [2.75, 3.05) is 0 Å². The molecule has 0 aliphatic carbocycles. The van der Waals surface area contributed by atoms with E-state index in [-0.39, 0.29) is 11.3 Å². The Kier molecular flexibility index (Phi) is 5.09. The number of carbonyl (C=O) groups is 2. The Morgan fingerprint density at radius 1 is 1.07 bits per heavy atom. The minimum Gasteiger partial charge on any atom is -0.295 e. The molecule has 2 aromatic rings. The molecular weight excluding hydrogens is 386 g/mol. The summed E-state index contributed by atoms with van der Waals surface area (Å²) in [6.07, 6.45) is -0.735. The maximum atomic E-state index is 13.2. The van der Waals surface area contributed by atoms with E-state index in [4.69, 9.17) is 11.6 Å². The predicted octanol–water partition coefficient (Wildman–Crippen LogP) is 2.65. The first-order chi connectivity index (χ1) is 12.7. The van der Waals surface area contributed by atoms with E-state index in [0.29, 0.717) is 10.6 Å². The lowest BCUT2D eigenvalue weighted by Crippen LogP contribution is -2.45. The van der Waals surface area contributed by atoms with Crippen LogP contribution in [0.1, 0.15) is 24.0 Å².